The summed E-state index contributed by atoms with van der Waals surface area (Å²) in [7, 11) is 0. The highest BCUT2D eigenvalue weighted by molar-refractivity contribution is 5.98. The number of nitrogens with two attached hydrogens (primary N) is 2. The normalized spacial score (nSPS) is 17.2. The van der Waals surface area contributed by atoms with Crippen LogP contribution in [0, 0.1) is 5.82 Å². The molecule has 3 aromatic rings. The Kier molecular flexibility index (Phi) is 4.04. The summed E-state index contributed by atoms with van der Waals surface area (Å²) < 4.78 is 15.5. The van der Waals surface area contributed by atoms with Crippen LogP contribution in [0.3, 0.4) is 0 Å². The van der Waals surface area contributed by atoms with Crippen LogP contribution in [0.1, 0.15) is 40.4 Å². The highest BCUT2D eigenvalue weighted by Gasteiger charge is 2.28. The molecule has 0 saturated carbocycles. The lowest BCUT2D eigenvalue weighted by atomic mass is 10.0. The van der Waals surface area contributed by atoms with Crippen molar-refractivity contribution in [3.63, 3.8) is 0 Å². The first kappa shape index (κ1) is 16.5. The summed E-state index contributed by atoms with van der Waals surface area (Å²) in [5.74, 6) is -0.146. The van der Waals surface area contributed by atoms with Crippen LogP contribution in [0.2, 0.25) is 0 Å². The minimum atomic E-state index is -0.569. The van der Waals surface area contributed by atoms with E-state index in [2.05, 4.69) is 15.0 Å². The van der Waals surface area contributed by atoms with Crippen LogP contribution in [0.4, 0.5) is 10.2 Å². The smallest absolute Gasteiger partial charge is 0.254 e. The Hall–Kier alpha value is -3.00. The van der Waals surface area contributed by atoms with Crippen molar-refractivity contribution < 1.29 is 9.18 Å². The van der Waals surface area contributed by atoms with Crippen LogP contribution in [0.15, 0.2) is 36.7 Å². The molecule has 4 N–H and O–H groups in total. The largest absolute Gasteiger partial charge is 0.365 e. The Bertz CT molecular complexity index is 985. The zero-order valence-electron chi connectivity index (χ0n) is 14.1. The molecule has 0 aliphatic carbocycles. The third-order valence-corrected chi connectivity index (χ3v) is 4.77. The van der Waals surface area contributed by atoms with Gasteiger partial charge in [-0.15, -0.1) is 0 Å². The average molecular weight is 354 g/mol. The molecule has 26 heavy (non-hydrogen) atoms. The Balaban J connectivity index is 1.75. The predicted octanol–water partition coefficient (Wildman–Crippen LogP) is 1.77. The summed E-state index contributed by atoms with van der Waals surface area (Å²) >= 11 is 0. The zero-order chi connectivity index (χ0) is 18.3. The number of amides is 1. The molecule has 0 spiro atoms. The number of fused-ring (bicyclic) bond motifs is 1. The fraction of sp³-hybridized carbons (Fsp3) is 0.278. The van der Waals surface area contributed by atoms with Crippen LogP contribution in [-0.4, -0.2) is 27.0 Å². The lowest BCUT2D eigenvalue weighted by molar-refractivity contribution is 0.100. The third-order valence-electron chi connectivity index (χ3n) is 4.77. The van der Waals surface area contributed by atoms with E-state index >= 15 is 0 Å². The maximum absolute atomic E-state index is 14.0. The van der Waals surface area contributed by atoms with Crippen LogP contribution >= 0.6 is 0 Å². The number of hydrogen-bond acceptors (Lipinski definition) is 5. The highest BCUT2D eigenvalue weighted by Crippen LogP contribution is 2.36. The van der Waals surface area contributed by atoms with E-state index in [1.165, 1.54) is 16.8 Å². The van der Waals surface area contributed by atoms with Gasteiger partial charge in [0.15, 0.2) is 5.65 Å². The molecular weight excluding hydrogens is 335 g/mol. The standard InChI is InChI=1S/C18H19FN6O/c19-13-7-11(9-20)6-12(8-13)15-2-1-4-24(15)16-3-5-25-18(23-16)14(10-22-25)17(21)26/h3,5-8,10,15H,1-2,4,9,20H2,(H2,21,26). The van der Waals surface area contributed by atoms with Crippen molar-refractivity contribution >= 4 is 17.4 Å². The third kappa shape index (κ3) is 2.78. The second-order valence-corrected chi connectivity index (χ2v) is 6.42. The Labute approximate surface area is 149 Å². The van der Waals surface area contributed by atoms with Gasteiger partial charge in [-0.2, -0.15) is 5.10 Å². The number of halogens is 1. The predicted molar refractivity (Wildman–Crippen MR) is 95.1 cm³/mol. The number of primary amides is 1. The average Bonchev–Trinajstić information content (AvgIpc) is 3.27. The monoisotopic (exact) mass is 354 g/mol. The van der Waals surface area contributed by atoms with Crippen LogP contribution < -0.4 is 16.4 Å². The van der Waals surface area contributed by atoms with Gasteiger partial charge < -0.3 is 16.4 Å². The molecule has 1 aliphatic heterocycles. The maximum Gasteiger partial charge on any atom is 0.254 e. The Morgan fingerprint density at radius 3 is 2.96 bits per heavy atom. The minimum Gasteiger partial charge on any atom is -0.365 e. The van der Waals surface area contributed by atoms with Crippen LogP contribution in [-0.2, 0) is 6.54 Å². The number of rotatable bonds is 4. The quantitative estimate of drug-likeness (QED) is 0.743. The van der Waals surface area contributed by atoms with Crippen molar-refractivity contribution in [1.29, 1.82) is 0 Å². The van der Waals surface area contributed by atoms with E-state index in [4.69, 9.17) is 11.5 Å². The second-order valence-electron chi connectivity index (χ2n) is 6.42. The second kappa shape index (κ2) is 6.38. The van der Waals surface area contributed by atoms with Gasteiger partial charge in [0.05, 0.1) is 12.2 Å². The maximum atomic E-state index is 14.0. The number of aromatic nitrogens is 3. The molecule has 2 aromatic heterocycles. The van der Waals surface area contributed by atoms with Crippen molar-refractivity contribution in [2.24, 2.45) is 11.5 Å². The molecule has 4 rings (SSSR count). The van der Waals surface area contributed by atoms with Gasteiger partial charge in [0.25, 0.3) is 5.91 Å². The zero-order valence-corrected chi connectivity index (χ0v) is 14.1. The number of carbonyl (C=O) groups is 1. The summed E-state index contributed by atoms with van der Waals surface area (Å²) in [6, 6.07) is 6.79. The van der Waals surface area contributed by atoms with Crippen LogP contribution in [0.25, 0.3) is 5.65 Å². The molecule has 1 amide bonds. The number of nitrogens with zero attached hydrogens (tertiary/aromatic N) is 4. The first-order chi connectivity index (χ1) is 12.6. The number of carbonyl (C=O) groups excluding carboxylic acids is 1. The van der Waals surface area contributed by atoms with Gasteiger partial charge in [0.2, 0.25) is 0 Å². The summed E-state index contributed by atoms with van der Waals surface area (Å²) in [5, 5.41) is 4.09. The van der Waals surface area contributed by atoms with E-state index in [1.54, 1.807) is 12.3 Å². The molecular formula is C18H19FN6O. The molecule has 1 unspecified atom stereocenters. The molecule has 7 nitrogen and oxygen atoms in total. The van der Waals surface area contributed by atoms with Crippen molar-refractivity contribution in [3.8, 4) is 0 Å². The summed E-state index contributed by atoms with van der Waals surface area (Å²) in [4.78, 5) is 18.3. The van der Waals surface area contributed by atoms with E-state index in [-0.39, 0.29) is 17.4 Å². The van der Waals surface area contributed by atoms with Crippen molar-refractivity contribution in [3.05, 3.63) is 59.2 Å². The summed E-state index contributed by atoms with van der Waals surface area (Å²) in [5.41, 5.74) is 13.4. The molecule has 3 heterocycles. The van der Waals surface area contributed by atoms with Gasteiger partial charge in [-0.05, 0) is 42.2 Å². The first-order valence-corrected chi connectivity index (χ1v) is 8.47. The Morgan fingerprint density at radius 2 is 2.19 bits per heavy atom. The van der Waals surface area contributed by atoms with Crippen molar-refractivity contribution in [1.82, 2.24) is 14.6 Å². The van der Waals surface area contributed by atoms with E-state index < -0.39 is 5.91 Å². The van der Waals surface area contributed by atoms with E-state index in [0.717, 1.165) is 30.5 Å². The van der Waals surface area contributed by atoms with E-state index in [0.29, 0.717) is 18.0 Å². The highest BCUT2D eigenvalue weighted by atomic mass is 19.1. The van der Waals surface area contributed by atoms with E-state index in [1.807, 2.05) is 12.1 Å². The molecule has 8 heteroatoms. The van der Waals surface area contributed by atoms with Crippen molar-refractivity contribution in [2.75, 3.05) is 11.4 Å². The molecule has 0 radical (unpaired) electrons. The topological polar surface area (TPSA) is 103 Å². The van der Waals surface area contributed by atoms with Gasteiger partial charge in [0.1, 0.15) is 17.2 Å². The fourth-order valence-corrected chi connectivity index (χ4v) is 3.57. The molecule has 1 aliphatic rings. The SMILES string of the molecule is NCc1cc(F)cc(C2CCCN2c2ccn3ncc(C(N)=O)c3n2)c1. The lowest BCUT2D eigenvalue weighted by Crippen LogP contribution is -2.24. The van der Waals surface area contributed by atoms with Gasteiger partial charge in [-0.3, -0.25) is 4.79 Å². The Morgan fingerprint density at radius 1 is 1.35 bits per heavy atom. The number of anilines is 1. The van der Waals surface area contributed by atoms with Crippen LogP contribution in [0.5, 0.6) is 0 Å². The van der Waals surface area contributed by atoms with Gasteiger partial charge in [-0.1, -0.05) is 6.07 Å². The lowest BCUT2D eigenvalue weighted by Gasteiger charge is -2.26. The van der Waals surface area contributed by atoms with E-state index in [9.17, 15) is 9.18 Å². The molecule has 0 bridgehead atoms. The van der Waals surface area contributed by atoms with Gasteiger partial charge in [0, 0.05) is 19.3 Å². The summed E-state index contributed by atoms with van der Waals surface area (Å²) in [6.07, 6.45) is 5.02. The molecule has 1 fully saturated rings. The molecule has 1 saturated heterocycles. The molecule has 1 aromatic carbocycles. The van der Waals surface area contributed by atoms with Gasteiger partial charge >= 0.3 is 0 Å². The molecule has 134 valence electrons. The minimum absolute atomic E-state index is 0.00546. The number of hydrogen-bond donors (Lipinski definition) is 2. The first-order valence-electron chi connectivity index (χ1n) is 8.47. The fourth-order valence-electron chi connectivity index (χ4n) is 3.57. The van der Waals surface area contributed by atoms with Crippen molar-refractivity contribution in [2.45, 2.75) is 25.4 Å². The number of benzene rings is 1. The van der Waals surface area contributed by atoms with Gasteiger partial charge in [-0.25, -0.2) is 13.9 Å². The summed E-state index contributed by atoms with van der Waals surface area (Å²) in [6.45, 7) is 1.09. The molecule has 1 atom stereocenters.